The van der Waals surface area contributed by atoms with E-state index in [1.54, 1.807) is 6.07 Å². The number of nitro benzene ring substituents is 1. The fourth-order valence-electron chi connectivity index (χ4n) is 1.23. The number of ether oxygens (including phenoxy) is 2. The van der Waals surface area contributed by atoms with Crippen molar-refractivity contribution in [1.29, 1.82) is 0 Å². The van der Waals surface area contributed by atoms with Gasteiger partial charge in [0.15, 0.2) is 0 Å². The van der Waals surface area contributed by atoms with E-state index in [0.29, 0.717) is 10.2 Å². The molecule has 1 aromatic carbocycles. The van der Waals surface area contributed by atoms with Crippen LogP contribution in [-0.4, -0.2) is 38.9 Å². The largest absolute Gasteiger partial charge is 0.491 e. The van der Waals surface area contributed by atoms with Crippen LogP contribution in [0, 0.1) is 10.1 Å². The Labute approximate surface area is 124 Å². The molecule has 2 N–H and O–H groups in total. The summed E-state index contributed by atoms with van der Waals surface area (Å²) in [5, 5.41) is 15.4. The third-order valence-electron chi connectivity index (χ3n) is 2.08. The zero-order valence-corrected chi connectivity index (χ0v) is 12.7. The Morgan fingerprint density at radius 3 is 2.55 bits per heavy atom. The summed E-state index contributed by atoms with van der Waals surface area (Å²) < 4.78 is 32.0. The van der Waals surface area contributed by atoms with Crippen LogP contribution in [0.4, 0.5) is 5.69 Å². The fraction of sp³-hybridized carbons (Fsp3) is 0.400. The van der Waals surface area contributed by atoms with Crippen molar-refractivity contribution in [1.82, 2.24) is 0 Å². The number of nitrogens with zero attached hydrogens (tertiary/aromatic N) is 1. The average Bonchev–Trinajstić information content (AvgIpc) is 2.31. The van der Waals surface area contributed by atoms with Crippen molar-refractivity contribution >= 4 is 31.6 Å². The Morgan fingerprint density at radius 2 is 1.95 bits per heavy atom. The summed E-state index contributed by atoms with van der Waals surface area (Å²) in [7, 11) is -3.53. The standard InChI is InChI=1S/C10H13BrN2O6S/c11-8-5-9(13(14)15)7-10(6-8)19-2-1-18-3-4-20(12,16)17/h5-7H,1-4H2,(H2,12,16,17). The number of halogens is 1. The first-order valence-corrected chi connectivity index (χ1v) is 7.95. The second-order valence-corrected chi connectivity index (χ2v) is 6.38. The maximum atomic E-state index is 10.7. The number of hydrogen-bond donors (Lipinski definition) is 1. The van der Waals surface area contributed by atoms with E-state index >= 15 is 0 Å². The summed E-state index contributed by atoms with van der Waals surface area (Å²) in [5.41, 5.74) is -0.0930. The van der Waals surface area contributed by atoms with Crippen LogP contribution < -0.4 is 9.88 Å². The Hall–Kier alpha value is -1.23. The molecule has 112 valence electrons. The number of nitro groups is 1. The number of benzene rings is 1. The molecule has 0 saturated carbocycles. The first-order valence-electron chi connectivity index (χ1n) is 5.44. The molecule has 0 aromatic heterocycles. The molecule has 0 spiro atoms. The Morgan fingerprint density at radius 1 is 1.25 bits per heavy atom. The van der Waals surface area contributed by atoms with E-state index in [1.165, 1.54) is 12.1 Å². The van der Waals surface area contributed by atoms with E-state index in [9.17, 15) is 18.5 Å². The highest BCUT2D eigenvalue weighted by Crippen LogP contribution is 2.25. The van der Waals surface area contributed by atoms with Crippen LogP contribution in [0.5, 0.6) is 5.75 Å². The molecular weight excluding hydrogens is 356 g/mol. The first-order chi connectivity index (χ1) is 9.28. The van der Waals surface area contributed by atoms with E-state index in [0.717, 1.165) is 0 Å². The molecule has 0 saturated heterocycles. The molecule has 0 amide bonds. The van der Waals surface area contributed by atoms with Crippen LogP contribution in [0.25, 0.3) is 0 Å². The Kier molecular flexibility index (Phi) is 6.33. The summed E-state index contributed by atoms with van der Waals surface area (Å²) in [4.78, 5) is 10.1. The third kappa shape index (κ3) is 6.80. The van der Waals surface area contributed by atoms with Crippen molar-refractivity contribution in [2.75, 3.05) is 25.6 Å². The van der Waals surface area contributed by atoms with Crippen molar-refractivity contribution in [3.63, 3.8) is 0 Å². The molecule has 0 aliphatic heterocycles. The lowest BCUT2D eigenvalue weighted by Crippen LogP contribution is -2.21. The second-order valence-electron chi connectivity index (χ2n) is 3.73. The number of hydrogen-bond acceptors (Lipinski definition) is 6. The van der Waals surface area contributed by atoms with Gasteiger partial charge in [0.1, 0.15) is 12.4 Å². The number of sulfonamides is 1. The number of nitrogens with two attached hydrogens (primary N) is 1. The van der Waals surface area contributed by atoms with Gasteiger partial charge in [0.25, 0.3) is 5.69 Å². The highest BCUT2D eigenvalue weighted by molar-refractivity contribution is 9.10. The predicted octanol–water partition coefficient (Wildman–Crippen LogP) is 1.04. The van der Waals surface area contributed by atoms with Crippen molar-refractivity contribution < 1.29 is 22.8 Å². The van der Waals surface area contributed by atoms with Gasteiger partial charge in [0.05, 0.1) is 30.0 Å². The predicted molar refractivity (Wildman–Crippen MR) is 75.1 cm³/mol. The minimum absolute atomic E-state index is 0.0270. The van der Waals surface area contributed by atoms with Crippen LogP contribution in [0.2, 0.25) is 0 Å². The summed E-state index contributed by atoms with van der Waals surface area (Å²) in [6, 6.07) is 4.22. The van der Waals surface area contributed by atoms with Crippen molar-refractivity contribution in [2.24, 2.45) is 5.14 Å². The molecule has 0 aliphatic rings. The van der Waals surface area contributed by atoms with Gasteiger partial charge in [-0.3, -0.25) is 10.1 Å². The SMILES string of the molecule is NS(=O)(=O)CCOCCOc1cc(Br)cc([N+](=O)[O-])c1. The van der Waals surface area contributed by atoms with Gasteiger partial charge in [-0.1, -0.05) is 15.9 Å². The lowest BCUT2D eigenvalue weighted by atomic mass is 10.3. The van der Waals surface area contributed by atoms with Crippen molar-refractivity contribution in [3.05, 3.63) is 32.8 Å². The fourth-order valence-corrected chi connectivity index (χ4v) is 2.04. The van der Waals surface area contributed by atoms with Gasteiger partial charge in [-0.2, -0.15) is 0 Å². The molecule has 0 heterocycles. The van der Waals surface area contributed by atoms with Gasteiger partial charge in [0, 0.05) is 10.5 Å². The molecule has 0 unspecified atom stereocenters. The summed E-state index contributed by atoms with van der Waals surface area (Å²) in [6.45, 7) is 0.259. The molecule has 1 aromatic rings. The zero-order valence-electron chi connectivity index (χ0n) is 10.3. The number of rotatable bonds is 8. The van der Waals surface area contributed by atoms with Gasteiger partial charge < -0.3 is 9.47 Å². The topological polar surface area (TPSA) is 122 Å². The maximum Gasteiger partial charge on any atom is 0.274 e. The lowest BCUT2D eigenvalue weighted by Gasteiger charge is -2.07. The second kappa shape index (κ2) is 7.53. The first kappa shape index (κ1) is 16.8. The highest BCUT2D eigenvalue weighted by Gasteiger charge is 2.09. The molecule has 1 rings (SSSR count). The molecule has 0 radical (unpaired) electrons. The smallest absolute Gasteiger partial charge is 0.274 e. The average molecular weight is 369 g/mol. The molecular formula is C10H13BrN2O6S. The molecule has 20 heavy (non-hydrogen) atoms. The molecule has 0 aliphatic carbocycles. The Balaban J connectivity index is 2.37. The van der Waals surface area contributed by atoms with Crippen LogP contribution in [0.1, 0.15) is 0 Å². The Bertz CT molecular complexity index is 577. The van der Waals surface area contributed by atoms with Crippen molar-refractivity contribution in [2.45, 2.75) is 0 Å². The summed E-state index contributed by atoms with van der Waals surface area (Å²) in [6.07, 6.45) is 0. The van der Waals surface area contributed by atoms with Gasteiger partial charge in [-0.05, 0) is 6.07 Å². The van der Waals surface area contributed by atoms with Crippen LogP contribution in [0.15, 0.2) is 22.7 Å². The quantitative estimate of drug-likeness (QED) is 0.415. The third-order valence-corrected chi connectivity index (χ3v) is 3.27. The molecule has 0 atom stereocenters. The highest BCUT2D eigenvalue weighted by atomic mass is 79.9. The van der Waals surface area contributed by atoms with Crippen LogP contribution >= 0.6 is 15.9 Å². The normalized spacial score (nSPS) is 11.3. The van der Waals surface area contributed by atoms with Gasteiger partial charge in [-0.15, -0.1) is 0 Å². The molecule has 0 bridgehead atoms. The van der Waals surface area contributed by atoms with Crippen molar-refractivity contribution in [3.8, 4) is 5.75 Å². The zero-order chi connectivity index (χ0) is 15.2. The molecule has 0 fully saturated rings. The van der Waals surface area contributed by atoms with E-state index in [-0.39, 0.29) is 31.3 Å². The number of non-ortho nitro benzene ring substituents is 1. The molecule has 10 heteroatoms. The van der Waals surface area contributed by atoms with Crippen LogP contribution in [0.3, 0.4) is 0 Å². The minimum Gasteiger partial charge on any atom is -0.491 e. The maximum absolute atomic E-state index is 10.7. The summed E-state index contributed by atoms with van der Waals surface area (Å²) in [5.74, 6) is 0.0520. The van der Waals surface area contributed by atoms with Gasteiger partial charge in [-0.25, -0.2) is 13.6 Å². The van der Waals surface area contributed by atoms with Gasteiger partial charge >= 0.3 is 0 Å². The van der Waals surface area contributed by atoms with E-state index in [1.807, 2.05) is 0 Å². The minimum atomic E-state index is -3.53. The number of primary sulfonamides is 1. The van der Waals surface area contributed by atoms with Gasteiger partial charge in [0.2, 0.25) is 10.0 Å². The summed E-state index contributed by atoms with van der Waals surface area (Å²) >= 11 is 3.14. The van der Waals surface area contributed by atoms with E-state index in [2.05, 4.69) is 15.9 Å². The van der Waals surface area contributed by atoms with Crippen LogP contribution in [-0.2, 0) is 14.8 Å². The lowest BCUT2D eigenvalue weighted by molar-refractivity contribution is -0.385. The van der Waals surface area contributed by atoms with E-state index < -0.39 is 14.9 Å². The molecule has 8 nitrogen and oxygen atoms in total. The monoisotopic (exact) mass is 368 g/mol. The van der Waals surface area contributed by atoms with E-state index in [4.69, 9.17) is 14.6 Å².